The third-order valence-corrected chi connectivity index (χ3v) is 7.47. The molecule has 5 rings (SSSR count). The van der Waals surface area contributed by atoms with Crippen LogP contribution in [-0.2, 0) is 30.2 Å². The Kier molecular flexibility index (Phi) is 9.26. The lowest BCUT2D eigenvalue weighted by atomic mass is 10.1. The van der Waals surface area contributed by atoms with Crippen molar-refractivity contribution in [2.45, 2.75) is 25.4 Å². The number of piperazine rings is 1. The van der Waals surface area contributed by atoms with Gasteiger partial charge in [-0.2, -0.15) is 18.2 Å². The third kappa shape index (κ3) is 7.42. The molecule has 1 saturated heterocycles. The zero-order chi connectivity index (χ0) is 31.3. The molecular formula is C32H31F4N5O3. The number of halogens is 4. The van der Waals surface area contributed by atoms with E-state index in [0.29, 0.717) is 56.1 Å². The average molecular weight is 610 g/mol. The van der Waals surface area contributed by atoms with Crippen molar-refractivity contribution in [3.63, 3.8) is 0 Å². The van der Waals surface area contributed by atoms with Gasteiger partial charge >= 0.3 is 6.18 Å². The number of oxazole rings is 1. The van der Waals surface area contributed by atoms with Crippen LogP contribution in [0.5, 0.6) is 0 Å². The maximum Gasteiger partial charge on any atom is 0.437 e. The van der Waals surface area contributed by atoms with E-state index in [1.807, 2.05) is 35.2 Å². The number of hydrogen-bond donors (Lipinski definition) is 0. The highest BCUT2D eigenvalue weighted by atomic mass is 19.4. The fourth-order valence-corrected chi connectivity index (χ4v) is 4.97. The summed E-state index contributed by atoms with van der Waals surface area (Å²) in [5, 5.41) is 0. The van der Waals surface area contributed by atoms with Crippen LogP contribution in [0.4, 0.5) is 29.4 Å². The Morgan fingerprint density at radius 3 is 2.27 bits per heavy atom. The van der Waals surface area contributed by atoms with Crippen LogP contribution in [0.15, 0.2) is 77.3 Å². The number of hydrogen-bond acceptors (Lipinski definition) is 7. The van der Waals surface area contributed by atoms with Gasteiger partial charge in [0, 0.05) is 52.4 Å². The fraction of sp³-hybridized carbons (Fsp3) is 0.312. The zero-order valence-electron chi connectivity index (χ0n) is 24.1. The number of alkyl halides is 3. The quantitative estimate of drug-likeness (QED) is 0.180. The Hall–Kier alpha value is -4.74. The van der Waals surface area contributed by atoms with E-state index in [9.17, 15) is 27.2 Å². The minimum absolute atomic E-state index is 0.0135. The van der Waals surface area contributed by atoms with Gasteiger partial charge in [-0.05, 0) is 35.2 Å². The van der Waals surface area contributed by atoms with Gasteiger partial charge in [0.15, 0.2) is 5.69 Å². The van der Waals surface area contributed by atoms with Crippen molar-refractivity contribution in [1.82, 2.24) is 14.9 Å². The van der Waals surface area contributed by atoms with Gasteiger partial charge in [-0.1, -0.05) is 54.6 Å². The first-order chi connectivity index (χ1) is 21.1. The summed E-state index contributed by atoms with van der Waals surface area (Å²) in [7, 11) is 1.56. The van der Waals surface area contributed by atoms with Crippen molar-refractivity contribution in [2.75, 3.05) is 49.6 Å². The largest absolute Gasteiger partial charge is 0.437 e. The number of pyridine rings is 1. The van der Waals surface area contributed by atoms with E-state index < -0.39 is 29.2 Å². The molecule has 230 valence electrons. The fourth-order valence-electron chi connectivity index (χ4n) is 4.97. The summed E-state index contributed by atoms with van der Waals surface area (Å²) in [6.07, 6.45) is -3.23. The lowest BCUT2D eigenvalue weighted by Crippen LogP contribution is -2.49. The molecule has 2 aromatic heterocycles. The maximum atomic E-state index is 13.9. The van der Waals surface area contributed by atoms with E-state index in [1.54, 1.807) is 42.3 Å². The number of amides is 1. The first-order valence-electron chi connectivity index (χ1n) is 14.2. The summed E-state index contributed by atoms with van der Waals surface area (Å²) in [5.74, 6) is -1.65. The van der Waals surface area contributed by atoms with Crippen LogP contribution in [0.25, 0.3) is 0 Å². The molecule has 1 amide bonds. The van der Waals surface area contributed by atoms with Gasteiger partial charge in [0.1, 0.15) is 11.6 Å². The molecule has 3 heterocycles. The summed E-state index contributed by atoms with van der Waals surface area (Å²) >= 11 is 0. The van der Waals surface area contributed by atoms with E-state index in [4.69, 9.17) is 4.42 Å². The second kappa shape index (κ2) is 13.3. The molecule has 0 bridgehead atoms. The maximum absolute atomic E-state index is 13.9. The minimum atomic E-state index is -4.87. The number of Topliss-reactive ketones (excluding diaryl/α,β-unsaturated/α-hetero) is 1. The molecule has 12 heteroatoms. The molecule has 1 fully saturated rings. The Bertz CT molecular complexity index is 1580. The molecule has 0 saturated carbocycles. The van der Waals surface area contributed by atoms with Gasteiger partial charge in [0.25, 0.3) is 6.01 Å². The molecule has 1 aliphatic rings. The van der Waals surface area contributed by atoms with Crippen LogP contribution in [0.2, 0.25) is 0 Å². The van der Waals surface area contributed by atoms with Gasteiger partial charge in [-0.15, -0.1) is 0 Å². The van der Waals surface area contributed by atoms with Crippen LogP contribution in [-0.4, -0.2) is 66.3 Å². The summed E-state index contributed by atoms with van der Waals surface area (Å²) in [6, 6.07) is 18.7. The predicted molar refractivity (Wildman–Crippen MR) is 156 cm³/mol. The van der Waals surface area contributed by atoms with E-state index in [0.717, 1.165) is 5.56 Å². The van der Waals surface area contributed by atoms with E-state index in [-0.39, 0.29) is 24.8 Å². The normalized spacial score (nSPS) is 13.7. The predicted octanol–water partition coefficient (Wildman–Crippen LogP) is 5.22. The highest BCUT2D eigenvalue weighted by Gasteiger charge is 2.41. The van der Waals surface area contributed by atoms with Crippen molar-refractivity contribution in [3.05, 3.63) is 107 Å². The molecule has 44 heavy (non-hydrogen) atoms. The monoisotopic (exact) mass is 609 g/mol. The minimum Gasteiger partial charge on any atom is -0.420 e. The lowest BCUT2D eigenvalue weighted by Gasteiger charge is -2.35. The summed E-state index contributed by atoms with van der Waals surface area (Å²) in [5.41, 5.74) is 0.423. The standard InChI is InChI=1S/C32H31F4N5O3/c1-39(14-13-22-7-3-2-4-8-22)31-38-30(32(34,35)36)29(44-31)26(42)19-23-11-12-27(37-21-23)40-15-17-41(18-16-40)28(43)20-24-9-5-6-10-25(24)33/h2-12,21H,13-20H2,1H3. The molecule has 0 unspecified atom stereocenters. The number of rotatable bonds is 10. The van der Waals surface area contributed by atoms with Crippen LogP contribution in [0, 0.1) is 5.82 Å². The molecule has 0 spiro atoms. The molecule has 8 nitrogen and oxygen atoms in total. The van der Waals surface area contributed by atoms with E-state index >= 15 is 0 Å². The third-order valence-electron chi connectivity index (χ3n) is 7.47. The first kappa shape index (κ1) is 30.7. The number of carbonyl (C=O) groups excluding carboxylic acids is 2. The zero-order valence-corrected chi connectivity index (χ0v) is 24.1. The molecule has 2 aromatic carbocycles. The Morgan fingerprint density at radius 2 is 1.61 bits per heavy atom. The summed E-state index contributed by atoms with van der Waals surface area (Å²) < 4.78 is 60.7. The number of carbonyl (C=O) groups is 2. The lowest BCUT2D eigenvalue weighted by molar-refractivity contribution is -0.141. The van der Waals surface area contributed by atoms with Crippen LogP contribution < -0.4 is 9.80 Å². The van der Waals surface area contributed by atoms with Crippen LogP contribution >= 0.6 is 0 Å². The molecular weight excluding hydrogens is 578 g/mol. The SMILES string of the molecule is CN(CCc1ccccc1)c1nc(C(F)(F)F)c(C(=O)Cc2ccc(N3CCN(C(=O)Cc4ccccc4F)CC3)nc2)o1. The van der Waals surface area contributed by atoms with Crippen molar-refractivity contribution < 1.29 is 31.6 Å². The highest BCUT2D eigenvalue weighted by molar-refractivity contribution is 5.96. The molecule has 1 aliphatic heterocycles. The molecule has 0 aliphatic carbocycles. The van der Waals surface area contributed by atoms with Crippen LogP contribution in [0.3, 0.4) is 0 Å². The van der Waals surface area contributed by atoms with Crippen molar-refractivity contribution in [1.29, 1.82) is 0 Å². The highest BCUT2D eigenvalue weighted by Crippen LogP contribution is 2.34. The van der Waals surface area contributed by atoms with Gasteiger partial charge in [0.05, 0.1) is 6.42 Å². The van der Waals surface area contributed by atoms with Gasteiger partial charge in [-0.25, -0.2) is 9.37 Å². The average Bonchev–Trinajstić information content (AvgIpc) is 3.49. The van der Waals surface area contributed by atoms with Crippen molar-refractivity contribution in [3.8, 4) is 0 Å². The smallest absolute Gasteiger partial charge is 0.420 e. The van der Waals surface area contributed by atoms with E-state index in [1.165, 1.54) is 17.2 Å². The number of anilines is 2. The number of ketones is 1. The summed E-state index contributed by atoms with van der Waals surface area (Å²) in [4.78, 5) is 38.8. The molecule has 4 aromatic rings. The second-order valence-electron chi connectivity index (χ2n) is 10.6. The van der Waals surface area contributed by atoms with Crippen molar-refractivity contribution >= 4 is 23.5 Å². The Morgan fingerprint density at radius 1 is 0.909 bits per heavy atom. The van der Waals surface area contributed by atoms with E-state index in [2.05, 4.69) is 9.97 Å². The number of likely N-dealkylation sites (N-methyl/N-ethyl adjacent to an activating group) is 1. The summed E-state index contributed by atoms with van der Waals surface area (Å²) in [6.45, 7) is 2.21. The Balaban J connectivity index is 1.18. The number of aromatic nitrogens is 2. The van der Waals surface area contributed by atoms with Gasteiger partial charge < -0.3 is 19.1 Å². The number of benzene rings is 2. The van der Waals surface area contributed by atoms with Gasteiger partial charge in [-0.3, -0.25) is 9.59 Å². The first-order valence-corrected chi connectivity index (χ1v) is 14.2. The molecule has 0 radical (unpaired) electrons. The topological polar surface area (TPSA) is 82.8 Å². The van der Waals surface area contributed by atoms with Gasteiger partial charge in [0.2, 0.25) is 17.5 Å². The van der Waals surface area contributed by atoms with Crippen molar-refractivity contribution in [2.24, 2.45) is 0 Å². The Labute approximate surface area is 251 Å². The molecule has 0 atom stereocenters. The number of nitrogens with zero attached hydrogens (tertiary/aromatic N) is 5. The molecule has 0 N–H and O–H groups in total. The van der Waals surface area contributed by atoms with Crippen LogP contribution in [0.1, 0.15) is 32.9 Å². The second-order valence-corrected chi connectivity index (χ2v) is 10.6.